The predicted octanol–water partition coefficient (Wildman–Crippen LogP) is 3.96. The summed E-state index contributed by atoms with van der Waals surface area (Å²) in [5.41, 5.74) is 0.888. The summed E-state index contributed by atoms with van der Waals surface area (Å²) in [5.74, 6) is -0.0501. The first kappa shape index (κ1) is 13.9. The highest BCUT2D eigenvalue weighted by molar-refractivity contribution is 6.03. The molecule has 0 aliphatic heterocycles. The Kier molecular flexibility index (Phi) is 3.42. The van der Waals surface area contributed by atoms with Crippen LogP contribution in [-0.4, -0.2) is 17.0 Å². The average Bonchev–Trinajstić information content (AvgIpc) is 2.53. The van der Waals surface area contributed by atoms with Gasteiger partial charge in [0.1, 0.15) is 17.1 Å². The van der Waals surface area contributed by atoms with Crippen LogP contribution in [0.1, 0.15) is 0 Å². The van der Waals surface area contributed by atoms with E-state index in [1.165, 1.54) is 31.5 Å². The zero-order valence-electron chi connectivity index (χ0n) is 11.6. The van der Waals surface area contributed by atoms with E-state index in [0.29, 0.717) is 16.8 Å². The van der Waals surface area contributed by atoms with E-state index in [9.17, 15) is 14.5 Å². The lowest BCUT2D eigenvalue weighted by Gasteiger charge is -2.10. The molecule has 0 amide bonds. The molecule has 1 aromatic heterocycles. The summed E-state index contributed by atoms with van der Waals surface area (Å²) in [6.45, 7) is 0. The number of hydrogen-bond donors (Lipinski definition) is 0. The summed E-state index contributed by atoms with van der Waals surface area (Å²) in [4.78, 5) is 15.0. The Morgan fingerprint density at radius 1 is 1.14 bits per heavy atom. The van der Waals surface area contributed by atoms with Crippen LogP contribution in [0.25, 0.3) is 22.0 Å². The van der Waals surface area contributed by atoms with Gasteiger partial charge >= 0.3 is 0 Å². The smallest absolute Gasteiger partial charge is 0.279 e. The second-order valence-electron chi connectivity index (χ2n) is 4.61. The number of fused-ring (bicyclic) bond motifs is 1. The van der Waals surface area contributed by atoms with Crippen molar-refractivity contribution in [3.05, 3.63) is 64.6 Å². The molecule has 22 heavy (non-hydrogen) atoms. The van der Waals surface area contributed by atoms with E-state index < -0.39 is 10.7 Å². The number of non-ortho nitro benzene ring substituents is 1. The van der Waals surface area contributed by atoms with Crippen LogP contribution in [0, 0.1) is 15.9 Å². The zero-order chi connectivity index (χ0) is 15.7. The fraction of sp³-hybridized carbons (Fsp3) is 0.0625. The third kappa shape index (κ3) is 2.14. The Labute approximate surface area is 125 Å². The van der Waals surface area contributed by atoms with E-state index in [0.717, 1.165) is 0 Å². The predicted molar refractivity (Wildman–Crippen MR) is 80.3 cm³/mol. The van der Waals surface area contributed by atoms with Crippen molar-refractivity contribution in [1.29, 1.82) is 0 Å². The van der Waals surface area contributed by atoms with Gasteiger partial charge in [-0.1, -0.05) is 18.2 Å². The van der Waals surface area contributed by atoms with Crippen LogP contribution in [-0.2, 0) is 0 Å². The Bertz CT molecular complexity index is 880. The normalized spacial score (nSPS) is 10.6. The minimum absolute atomic E-state index is 0.137. The monoisotopic (exact) mass is 298 g/mol. The van der Waals surface area contributed by atoms with E-state index in [-0.39, 0.29) is 16.6 Å². The molecule has 0 N–H and O–H groups in total. The summed E-state index contributed by atoms with van der Waals surface area (Å²) >= 11 is 0. The van der Waals surface area contributed by atoms with Crippen molar-refractivity contribution in [2.24, 2.45) is 0 Å². The average molecular weight is 298 g/mol. The number of rotatable bonds is 3. The lowest BCUT2D eigenvalue weighted by Crippen LogP contribution is -1.96. The number of aromatic nitrogens is 1. The summed E-state index contributed by atoms with van der Waals surface area (Å²) in [6.07, 6.45) is 1.48. The molecule has 0 unspecified atom stereocenters. The maximum atomic E-state index is 14.1. The van der Waals surface area contributed by atoms with Gasteiger partial charge in [-0.2, -0.15) is 0 Å². The Hall–Kier alpha value is -3.02. The summed E-state index contributed by atoms with van der Waals surface area (Å²) in [6, 6.07) is 10.5. The molecule has 0 fully saturated rings. The molecular weight excluding hydrogens is 287 g/mol. The molecular formula is C16H11FN2O3. The van der Waals surface area contributed by atoms with Crippen molar-refractivity contribution in [1.82, 2.24) is 4.98 Å². The van der Waals surface area contributed by atoms with Crippen molar-refractivity contribution in [2.75, 3.05) is 7.11 Å². The molecule has 0 saturated heterocycles. The molecule has 3 aromatic rings. The SMILES string of the molecule is COc1ccc([N+](=O)[O-])c2c(-c3ccccc3F)ccnc12. The fourth-order valence-corrected chi connectivity index (χ4v) is 2.45. The van der Waals surface area contributed by atoms with Crippen molar-refractivity contribution in [2.45, 2.75) is 0 Å². The number of nitrogens with zero attached hydrogens (tertiary/aromatic N) is 2. The molecule has 0 saturated carbocycles. The zero-order valence-corrected chi connectivity index (χ0v) is 11.6. The van der Waals surface area contributed by atoms with Gasteiger partial charge in [0.05, 0.1) is 17.4 Å². The lowest BCUT2D eigenvalue weighted by molar-refractivity contribution is -0.383. The van der Waals surface area contributed by atoms with Crippen molar-refractivity contribution < 1.29 is 14.1 Å². The van der Waals surface area contributed by atoms with Crippen molar-refractivity contribution in [3.8, 4) is 16.9 Å². The summed E-state index contributed by atoms with van der Waals surface area (Å²) in [5, 5.41) is 11.6. The van der Waals surface area contributed by atoms with Crippen LogP contribution in [0.15, 0.2) is 48.7 Å². The van der Waals surface area contributed by atoms with Gasteiger partial charge < -0.3 is 4.74 Å². The maximum absolute atomic E-state index is 14.1. The van der Waals surface area contributed by atoms with E-state index >= 15 is 0 Å². The Morgan fingerprint density at radius 3 is 2.59 bits per heavy atom. The van der Waals surface area contributed by atoms with E-state index in [1.807, 2.05) is 0 Å². The van der Waals surface area contributed by atoms with Gasteiger partial charge in [-0.15, -0.1) is 0 Å². The summed E-state index contributed by atoms with van der Waals surface area (Å²) in [7, 11) is 1.46. The lowest BCUT2D eigenvalue weighted by atomic mass is 9.99. The molecule has 5 nitrogen and oxygen atoms in total. The number of hydrogen-bond acceptors (Lipinski definition) is 4. The molecule has 1 heterocycles. The molecule has 0 radical (unpaired) electrons. The highest BCUT2D eigenvalue weighted by Crippen LogP contribution is 2.38. The number of methoxy groups -OCH3 is 1. The van der Waals surface area contributed by atoms with E-state index in [1.54, 1.807) is 24.3 Å². The van der Waals surface area contributed by atoms with Crippen LogP contribution < -0.4 is 4.74 Å². The van der Waals surface area contributed by atoms with E-state index in [2.05, 4.69) is 4.98 Å². The van der Waals surface area contributed by atoms with Gasteiger partial charge in [0.15, 0.2) is 0 Å². The van der Waals surface area contributed by atoms with Crippen LogP contribution in [0.3, 0.4) is 0 Å². The third-order valence-corrected chi connectivity index (χ3v) is 3.41. The number of halogens is 1. The molecule has 0 spiro atoms. The topological polar surface area (TPSA) is 65.3 Å². The number of nitro groups is 1. The summed E-state index contributed by atoms with van der Waals surface area (Å²) < 4.78 is 19.3. The molecule has 2 aromatic carbocycles. The highest BCUT2D eigenvalue weighted by atomic mass is 19.1. The van der Waals surface area contributed by atoms with Gasteiger partial charge in [0, 0.05) is 23.4 Å². The first-order valence-electron chi connectivity index (χ1n) is 6.48. The van der Waals surface area contributed by atoms with Crippen LogP contribution in [0.4, 0.5) is 10.1 Å². The maximum Gasteiger partial charge on any atom is 0.279 e. The molecule has 3 rings (SSSR count). The number of nitro benzene ring substituents is 1. The third-order valence-electron chi connectivity index (χ3n) is 3.41. The molecule has 110 valence electrons. The fourth-order valence-electron chi connectivity index (χ4n) is 2.45. The van der Waals surface area contributed by atoms with Gasteiger partial charge in [-0.05, 0) is 18.2 Å². The molecule has 0 aliphatic carbocycles. The Balaban J connectivity index is 2.46. The number of ether oxygens (including phenoxy) is 1. The van der Waals surface area contributed by atoms with Gasteiger partial charge in [-0.25, -0.2) is 4.39 Å². The van der Waals surface area contributed by atoms with Gasteiger partial charge in [0.25, 0.3) is 5.69 Å². The molecule has 0 atom stereocenters. The molecule has 0 bridgehead atoms. The number of benzene rings is 2. The second-order valence-corrected chi connectivity index (χ2v) is 4.61. The van der Waals surface area contributed by atoms with Crippen LogP contribution in [0.5, 0.6) is 5.75 Å². The van der Waals surface area contributed by atoms with Crippen molar-refractivity contribution in [3.63, 3.8) is 0 Å². The highest BCUT2D eigenvalue weighted by Gasteiger charge is 2.21. The minimum Gasteiger partial charge on any atom is -0.494 e. The van der Waals surface area contributed by atoms with Crippen LogP contribution >= 0.6 is 0 Å². The first-order valence-corrected chi connectivity index (χ1v) is 6.48. The number of pyridine rings is 1. The van der Waals surface area contributed by atoms with Crippen LogP contribution in [0.2, 0.25) is 0 Å². The quantitative estimate of drug-likeness (QED) is 0.542. The van der Waals surface area contributed by atoms with Gasteiger partial charge in [-0.3, -0.25) is 15.1 Å². The minimum atomic E-state index is -0.506. The van der Waals surface area contributed by atoms with Crippen molar-refractivity contribution >= 4 is 16.6 Å². The van der Waals surface area contributed by atoms with Gasteiger partial charge in [0.2, 0.25) is 0 Å². The first-order chi connectivity index (χ1) is 10.6. The Morgan fingerprint density at radius 2 is 1.91 bits per heavy atom. The molecule has 0 aliphatic rings. The largest absolute Gasteiger partial charge is 0.494 e. The molecule has 6 heteroatoms. The second kappa shape index (κ2) is 5.40. The standard InChI is InChI=1S/C16H11FN2O3/c1-22-14-7-6-13(19(20)21)15-11(8-9-18-16(14)15)10-4-2-3-5-12(10)17/h2-9H,1H3. The van der Waals surface area contributed by atoms with E-state index in [4.69, 9.17) is 4.74 Å².